The topological polar surface area (TPSA) is 38.7 Å². The van der Waals surface area contributed by atoms with Crippen molar-refractivity contribution < 1.29 is 0 Å². The van der Waals surface area contributed by atoms with E-state index in [2.05, 4.69) is 157 Å². The Kier molecular flexibility index (Phi) is 6.49. The largest absolute Gasteiger partial charge is 0.264 e. The molecule has 0 aliphatic carbocycles. The maximum Gasteiger partial charge on any atom is 0.161 e. The van der Waals surface area contributed by atoms with E-state index in [9.17, 15) is 0 Å². The molecule has 2 aromatic heterocycles. The molecule has 0 N–H and O–H groups in total. The second kappa shape index (κ2) is 11.5. The summed E-state index contributed by atoms with van der Waals surface area (Å²) >= 11 is 0. The Hall–Kier alpha value is -6.71. The summed E-state index contributed by atoms with van der Waals surface area (Å²) in [5, 5.41) is 12.1. The highest BCUT2D eigenvalue weighted by molar-refractivity contribution is 6.33. The Morgan fingerprint density at radius 2 is 0.820 bits per heavy atom. The number of benzene rings is 8. The Morgan fingerprint density at radius 3 is 1.50 bits per heavy atom. The number of nitrogens with zero attached hydrogens (tertiary/aromatic N) is 3. The van der Waals surface area contributed by atoms with Crippen molar-refractivity contribution in [1.82, 2.24) is 15.0 Å². The quantitative estimate of drug-likeness (QED) is 0.181. The van der Waals surface area contributed by atoms with Crippen LogP contribution < -0.4 is 0 Å². The van der Waals surface area contributed by atoms with Crippen molar-refractivity contribution in [2.24, 2.45) is 0 Å². The highest BCUT2D eigenvalue weighted by Crippen LogP contribution is 2.43. The predicted octanol–water partition coefficient (Wildman–Crippen LogP) is 12.3. The second-order valence-corrected chi connectivity index (χ2v) is 12.8. The minimum atomic E-state index is 0.697. The van der Waals surface area contributed by atoms with Crippen molar-refractivity contribution in [1.29, 1.82) is 0 Å². The van der Waals surface area contributed by atoms with Gasteiger partial charge < -0.3 is 0 Å². The fourth-order valence-electron chi connectivity index (χ4n) is 7.71. The Morgan fingerprint density at radius 1 is 0.320 bits per heavy atom. The lowest BCUT2D eigenvalue weighted by Gasteiger charge is -2.17. The van der Waals surface area contributed by atoms with Crippen LogP contribution in [0, 0.1) is 0 Å². The van der Waals surface area contributed by atoms with Gasteiger partial charge in [0.25, 0.3) is 0 Å². The van der Waals surface area contributed by atoms with Crippen LogP contribution in [-0.2, 0) is 0 Å². The monoisotopic (exact) mass is 635 g/mol. The molecule has 0 radical (unpaired) electrons. The summed E-state index contributed by atoms with van der Waals surface area (Å²) in [5.74, 6) is 0.697. The van der Waals surface area contributed by atoms with Crippen molar-refractivity contribution in [3.8, 4) is 45.0 Å². The SMILES string of the molecule is c1ccc(-c2cc(-c3cc4c5ccccc5c5ccccc5c4c4ccccc34)nc(-c3ccc(-c4cccnc4)c4ccccc34)n2)cc1. The zero-order chi connectivity index (χ0) is 33.0. The maximum atomic E-state index is 5.43. The van der Waals surface area contributed by atoms with Gasteiger partial charge in [-0.25, -0.2) is 9.97 Å². The van der Waals surface area contributed by atoms with Gasteiger partial charge in [0, 0.05) is 34.6 Å². The van der Waals surface area contributed by atoms with Crippen molar-refractivity contribution in [2.45, 2.75) is 0 Å². The summed E-state index contributed by atoms with van der Waals surface area (Å²) in [5.41, 5.74) is 7.13. The van der Waals surface area contributed by atoms with Gasteiger partial charge in [0.1, 0.15) is 0 Å². The summed E-state index contributed by atoms with van der Waals surface area (Å²) < 4.78 is 0. The highest BCUT2D eigenvalue weighted by Gasteiger charge is 2.19. The first-order valence-electron chi connectivity index (χ1n) is 16.9. The molecule has 50 heavy (non-hydrogen) atoms. The van der Waals surface area contributed by atoms with E-state index in [0.29, 0.717) is 5.82 Å². The molecule has 10 aromatic rings. The zero-order valence-electron chi connectivity index (χ0n) is 27.1. The average Bonchev–Trinajstić information content (AvgIpc) is 3.20. The number of hydrogen-bond donors (Lipinski definition) is 0. The summed E-state index contributed by atoms with van der Waals surface area (Å²) in [4.78, 5) is 15.1. The number of aromatic nitrogens is 3. The minimum absolute atomic E-state index is 0.697. The minimum Gasteiger partial charge on any atom is -0.264 e. The third-order valence-corrected chi connectivity index (χ3v) is 9.96. The Balaban J connectivity index is 1.30. The van der Waals surface area contributed by atoms with Gasteiger partial charge >= 0.3 is 0 Å². The standard InChI is InChI=1S/C47H29N3/c1-2-13-30(14-3-1)44-28-45(50-47(49-44)41-25-24-32(31-15-12-26-48-29-31)33-16-4-6-19-36(33)41)42-27-43-37-20-7-5-17-34(37)35-18-8-10-22-39(35)46(43)40-23-11-9-21-38(40)42/h1-29H. The predicted molar refractivity (Wildman–Crippen MR) is 209 cm³/mol. The summed E-state index contributed by atoms with van der Waals surface area (Å²) in [6.07, 6.45) is 3.73. The van der Waals surface area contributed by atoms with Gasteiger partial charge in [-0.1, -0.05) is 140 Å². The van der Waals surface area contributed by atoms with Gasteiger partial charge in [-0.05, 0) is 83.7 Å². The summed E-state index contributed by atoms with van der Waals surface area (Å²) in [6, 6.07) is 58.2. The molecular weight excluding hydrogens is 607 g/mol. The van der Waals surface area contributed by atoms with Crippen molar-refractivity contribution in [2.75, 3.05) is 0 Å². The van der Waals surface area contributed by atoms with Crippen LogP contribution in [0.1, 0.15) is 0 Å². The third kappa shape index (κ3) is 4.48. The fraction of sp³-hybridized carbons (Fsp3) is 0. The van der Waals surface area contributed by atoms with Crippen LogP contribution in [0.25, 0.3) is 98.9 Å². The molecule has 232 valence electrons. The van der Waals surface area contributed by atoms with Crippen LogP contribution in [-0.4, -0.2) is 15.0 Å². The van der Waals surface area contributed by atoms with E-state index in [0.717, 1.165) is 50.0 Å². The molecule has 0 bridgehead atoms. The maximum absolute atomic E-state index is 5.43. The average molecular weight is 636 g/mol. The number of fused-ring (bicyclic) bond motifs is 9. The van der Waals surface area contributed by atoms with Gasteiger partial charge in [0.15, 0.2) is 5.82 Å². The van der Waals surface area contributed by atoms with Crippen LogP contribution in [0.2, 0.25) is 0 Å². The lowest BCUT2D eigenvalue weighted by Crippen LogP contribution is -1.98. The number of hydrogen-bond acceptors (Lipinski definition) is 3. The zero-order valence-corrected chi connectivity index (χ0v) is 27.1. The van der Waals surface area contributed by atoms with E-state index in [1.165, 1.54) is 43.1 Å². The molecular formula is C47H29N3. The lowest BCUT2D eigenvalue weighted by molar-refractivity contribution is 1.19. The first-order chi connectivity index (χ1) is 24.8. The number of pyridine rings is 1. The Bertz CT molecular complexity index is 2910. The van der Waals surface area contributed by atoms with Crippen LogP contribution in [0.5, 0.6) is 0 Å². The molecule has 2 heterocycles. The van der Waals surface area contributed by atoms with Crippen LogP contribution in [0.15, 0.2) is 176 Å². The van der Waals surface area contributed by atoms with Crippen molar-refractivity contribution in [3.63, 3.8) is 0 Å². The van der Waals surface area contributed by atoms with E-state index in [-0.39, 0.29) is 0 Å². The summed E-state index contributed by atoms with van der Waals surface area (Å²) in [6.45, 7) is 0. The fourth-order valence-corrected chi connectivity index (χ4v) is 7.71. The molecule has 0 spiro atoms. The normalized spacial score (nSPS) is 11.6. The van der Waals surface area contributed by atoms with Gasteiger partial charge in [-0.3, -0.25) is 4.98 Å². The van der Waals surface area contributed by atoms with E-state index >= 15 is 0 Å². The first-order valence-corrected chi connectivity index (χ1v) is 16.9. The Labute approximate surface area is 289 Å². The van der Waals surface area contributed by atoms with E-state index in [1.54, 1.807) is 0 Å². The van der Waals surface area contributed by atoms with Crippen molar-refractivity contribution in [3.05, 3.63) is 176 Å². The van der Waals surface area contributed by atoms with Crippen LogP contribution >= 0.6 is 0 Å². The molecule has 0 amide bonds. The van der Waals surface area contributed by atoms with E-state index in [1.807, 2.05) is 24.5 Å². The molecule has 0 atom stereocenters. The van der Waals surface area contributed by atoms with Crippen LogP contribution in [0.4, 0.5) is 0 Å². The van der Waals surface area contributed by atoms with E-state index in [4.69, 9.17) is 9.97 Å². The molecule has 0 saturated heterocycles. The lowest BCUT2D eigenvalue weighted by atomic mass is 9.88. The molecule has 3 nitrogen and oxygen atoms in total. The van der Waals surface area contributed by atoms with Gasteiger partial charge in [-0.15, -0.1) is 0 Å². The highest BCUT2D eigenvalue weighted by atomic mass is 14.9. The molecule has 10 rings (SSSR count). The smallest absolute Gasteiger partial charge is 0.161 e. The van der Waals surface area contributed by atoms with Gasteiger partial charge in [0.2, 0.25) is 0 Å². The number of rotatable bonds is 4. The molecule has 0 aliphatic rings. The van der Waals surface area contributed by atoms with Crippen LogP contribution in [0.3, 0.4) is 0 Å². The molecule has 8 aromatic carbocycles. The first kappa shape index (κ1) is 28.3. The second-order valence-electron chi connectivity index (χ2n) is 12.8. The molecule has 3 heteroatoms. The molecule has 0 unspecified atom stereocenters. The van der Waals surface area contributed by atoms with Gasteiger partial charge in [0.05, 0.1) is 11.4 Å². The molecule has 0 aliphatic heterocycles. The molecule has 0 fully saturated rings. The van der Waals surface area contributed by atoms with Crippen molar-refractivity contribution >= 4 is 53.9 Å². The summed E-state index contributed by atoms with van der Waals surface area (Å²) in [7, 11) is 0. The van der Waals surface area contributed by atoms with E-state index < -0.39 is 0 Å². The third-order valence-electron chi connectivity index (χ3n) is 9.96. The molecule has 0 saturated carbocycles. The van der Waals surface area contributed by atoms with Gasteiger partial charge in [-0.2, -0.15) is 0 Å².